The van der Waals surface area contributed by atoms with E-state index < -0.39 is 0 Å². The topological polar surface area (TPSA) is 51.6 Å². The highest BCUT2D eigenvalue weighted by molar-refractivity contribution is 5.80. The van der Waals surface area contributed by atoms with E-state index in [1.165, 1.54) is 0 Å². The molecule has 0 atom stereocenters. The molecule has 0 amide bonds. The van der Waals surface area contributed by atoms with Gasteiger partial charge in [-0.25, -0.2) is 9.97 Å². The van der Waals surface area contributed by atoms with Gasteiger partial charge in [-0.05, 0) is 13.8 Å². The smallest absolute Gasteiger partial charge is 0.116 e. The van der Waals surface area contributed by atoms with Gasteiger partial charge in [0.05, 0.1) is 23.1 Å². The molecule has 60 valence electrons. The first-order valence-corrected chi connectivity index (χ1v) is 3.68. The Morgan fingerprint density at radius 1 is 1.08 bits per heavy atom. The summed E-state index contributed by atoms with van der Waals surface area (Å²) in [7, 11) is 0. The van der Waals surface area contributed by atoms with Gasteiger partial charge in [-0.1, -0.05) is 0 Å². The van der Waals surface area contributed by atoms with E-state index in [9.17, 15) is 0 Å². The molecule has 0 bridgehead atoms. The Morgan fingerprint density at radius 2 is 1.92 bits per heavy atom. The fraction of sp³-hybridized carbons (Fsp3) is 0.250. The van der Waals surface area contributed by atoms with Crippen LogP contribution < -0.4 is 0 Å². The summed E-state index contributed by atoms with van der Waals surface area (Å²) in [4.78, 5) is 8.20. The number of fused-ring (bicyclic) bond motifs is 1. The predicted octanol–water partition coefficient (Wildman–Crippen LogP) is 1.04. The molecule has 0 unspecified atom stereocenters. The molecule has 0 spiro atoms. The van der Waals surface area contributed by atoms with E-state index in [1.807, 2.05) is 13.8 Å². The van der Waals surface area contributed by atoms with Crippen molar-refractivity contribution in [1.29, 1.82) is 0 Å². The first-order chi connectivity index (χ1) is 5.79. The zero-order valence-electron chi connectivity index (χ0n) is 6.94. The molecule has 2 heterocycles. The number of rotatable bonds is 0. The molecule has 2 rings (SSSR count). The van der Waals surface area contributed by atoms with Crippen molar-refractivity contribution in [3.63, 3.8) is 0 Å². The van der Waals surface area contributed by atoms with Crippen LogP contribution in [0.4, 0.5) is 0 Å². The molecule has 0 radical (unpaired) electrons. The highest BCUT2D eigenvalue weighted by atomic mass is 15.1. The fourth-order valence-corrected chi connectivity index (χ4v) is 1.15. The van der Waals surface area contributed by atoms with Crippen LogP contribution in [-0.4, -0.2) is 20.2 Å². The number of hydrogen-bond donors (Lipinski definition) is 0. The molecule has 4 nitrogen and oxygen atoms in total. The van der Waals surface area contributed by atoms with Crippen LogP contribution >= 0.6 is 0 Å². The molecule has 0 aliphatic rings. The molecule has 0 N–H and O–H groups in total. The highest BCUT2D eigenvalue weighted by Crippen LogP contribution is 2.13. The summed E-state index contributed by atoms with van der Waals surface area (Å²) in [6.07, 6.45) is 3.24. The molecule has 2 aromatic heterocycles. The maximum atomic E-state index is 4.13. The van der Waals surface area contributed by atoms with Crippen molar-refractivity contribution in [2.24, 2.45) is 0 Å². The first kappa shape index (κ1) is 7.09. The normalized spacial score (nSPS) is 10.5. The van der Waals surface area contributed by atoms with Crippen molar-refractivity contribution in [2.75, 3.05) is 0 Å². The Kier molecular flexibility index (Phi) is 1.46. The lowest BCUT2D eigenvalue weighted by Crippen LogP contribution is -1.93. The van der Waals surface area contributed by atoms with Crippen molar-refractivity contribution < 1.29 is 0 Å². The zero-order valence-corrected chi connectivity index (χ0v) is 6.94. The van der Waals surface area contributed by atoms with Crippen LogP contribution in [0.15, 0.2) is 12.5 Å². The molecule has 0 aliphatic carbocycles. The number of nitrogens with zero attached hydrogens (tertiary/aromatic N) is 4. The van der Waals surface area contributed by atoms with E-state index in [1.54, 1.807) is 12.5 Å². The van der Waals surface area contributed by atoms with Crippen molar-refractivity contribution in [1.82, 2.24) is 20.2 Å². The minimum atomic E-state index is 0.845. The summed E-state index contributed by atoms with van der Waals surface area (Å²) in [6, 6.07) is 0. The van der Waals surface area contributed by atoms with Crippen molar-refractivity contribution in [3.05, 3.63) is 23.9 Å². The molecule has 2 aromatic rings. The monoisotopic (exact) mass is 160 g/mol. The Labute approximate surface area is 69.7 Å². The average Bonchev–Trinajstić information content (AvgIpc) is 2.07. The predicted molar refractivity (Wildman–Crippen MR) is 44.6 cm³/mol. The molecular weight excluding hydrogens is 152 g/mol. The van der Waals surface area contributed by atoms with E-state index in [2.05, 4.69) is 20.2 Å². The summed E-state index contributed by atoms with van der Waals surface area (Å²) in [5.41, 5.74) is 2.67. The Morgan fingerprint density at radius 3 is 2.67 bits per heavy atom. The molecule has 12 heavy (non-hydrogen) atoms. The quantitative estimate of drug-likeness (QED) is 0.577. The number of aromatic nitrogens is 4. The summed E-state index contributed by atoms with van der Waals surface area (Å²) < 4.78 is 0. The third-order valence-electron chi connectivity index (χ3n) is 1.82. The maximum Gasteiger partial charge on any atom is 0.116 e. The van der Waals surface area contributed by atoms with Gasteiger partial charge < -0.3 is 0 Å². The maximum absolute atomic E-state index is 4.13. The second kappa shape index (κ2) is 2.48. The van der Waals surface area contributed by atoms with Gasteiger partial charge in [0.1, 0.15) is 6.33 Å². The van der Waals surface area contributed by atoms with Crippen LogP contribution in [0.25, 0.3) is 10.9 Å². The van der Waals surface area contributed by atoms with Crippen molar-refractivity contribution in [3.8, 4) is 0 Å². The van der Waals surface area contributed by atoms with E-state index in [-0.39, 0.29) is 0 Å². The van der Waals surface area contributed by atoms with Gasteiger partial charge in [0.15, 0.2) is 0 Å². The molecule has 0 fully saturated rings. The largest absolute Gasteiger partial charge is 0.241 e. The van der Waals surface area contributed by atoms with Crippen molar-refractivity contribution >= 4 is 10.9 Å². The molecule has 4 heteroatoms. The van der Waals surface area contributed by atoms with Gasteiger partial charge in [0, 0.05) is 5.39 Å². The van der Waals surface area contributed by atoms with Crippen LogP contribution in [0.5, 0.6) is 0 Å². The van der Waals surface area contributed by atoms with Gasteiger partial charge in [-0.15, -0.1) is 0 Å². The van der Waals surface area contributed by atoms with Crippen LogP contribution in [0, 0.1) is 13.8 Å². The third kappa shape index (κ3) is 0.922. The summed E-state index contributed by atoms with van der Waals surface area (Å²) in [6.45, 7) is 3.83. The second-order valence-electron chi connectivity index (χ2n) is 2.65. The number of aryl methyl sites for hydroxylation is 2. The fourth-order valence-electron chi connectivity index (χ4n) is 1.15. The molecular formula is C8H8N4. The zero-order chi connectivity index (χ0) is 8.55. The molecule has 0 saturated carbocycles. The lowest BCUT2D eigenvalue weighted by atomic mass is 10.2. The summed E-state index contributed by atoms with van der Waals surface area (Å²) >= 11 is 0. The Bertz CT molecular complexity index is 383. The molecule has 0 aliphatic heterocycles. The minimum Gasteiger partial charge on any atom is -0.241 e. The SMILES string of the molecule is Cc1ncnc2c(C)nncc12. The van der Waals surface area contributed by atoms with Crippen LogP contribution in [0.2, 0.25) is 0 Å². The van der Waals surface area contributed by atoms with Gasteiger partial charge in [-0.2, -0.15) is 10.2 Å². The van der Waals surface area contributed by atoms with E-state index in [0.717, 1.165) is 22.3 Å². The minimum absolute atomic E-state index is 0.845. The summed E-state index contributed by atoms with van der Waals surface area (Å²) in [5, 5.41) is 8.73. The van der Waals surface area contributed by atoms with Gasteiger partial charge in [0.25, 0.3) is 0 Å². The van der Waals surface area contributed by atoms with Gasteiger partial charge >= 0.3 is 0 Å². The average molecular weight is 160 g/mol. The Balaban J connectivity index is 2.94. The first-order valence-electron chi connectivity index (χ1n) is 3.68. The lowest BCUT2D eigenvalue weighted by molar-refractivity contribution is 0.984. The second-order valence-corrected chi connectivity index (χ2v) is 2.65. The van der Waals surface area contributed by atoms with E-state index in [4.69, 9.17) is 0 Å². The Hall–Kier alpha value is -1.58. The van der Waals surface area contributed by atoms with Crippen LogP contribution in [0.1, 0.15) is 11.4 Å². The molecule has 0 aromatic carbocycles. The lowest BCUT2D eigenvalue weighted by Gasteiger charge is -1.99. The third-order valence-corrected chi connectivity index (χ3v) is 1.82. The van der Waals surface area contributed by atoms with Gasteiger partial charge in [-0.3, -0.25) is 0 Å². The van der Waals surface area contributed by atoms with Crippen molar-refractivity contribution in [2.45, 2.75) is 13.8 Å². The summed E-state index contributed by atoms with van der Waals surface area (Å²) in [5.74, 6) is 0. The number of hydrogen-bond acceptors (Lipinski definition) is 4. The van der Waals surface area contributed by atoms with E-state index >= 15 is 0 Å². The van der Waals surface area contributed by atoms with Crippen LogP contribution in [-0.2, 0) is 0 Å². The standard InChI is InChI=1S/C8H8N4/c1-5-7-3-11-12-6(2)8(7)10-4-9-5/h3-4H,1-2H3. The molecule has 0 saturated heterocycles. The van der Waals surface area contributed by atoms with E-state index in [0.29, 0.717) is 0 Å². The van der Waals surface area contributed by atoms with Gasteiger partial charge in [0.2, 0.25) is 0 Å². The highest BCUT2D eigenvalue weighted by Gasteiger charge is 2.01. The van der Waals surface area contributed by atoms with Crippen LogP contribution in [0.3, 0.4) is 0 Å².